The van der Waals surface area contributed by atoms with Crippen molar-refractivity contribution < 1.29 is 27.2 Å². The van der Waals surface area contributed by atoms with Crippen LogP contribution < -0.4 is 10.6 Å². The van der Waals surface area contributed by atoms with Crippen LogP contribution in [-0.4, -0.2) is 37.3 Å². The molecule has 3 heterocycles. The number of alkyl halides is 4. The van der Waals surface area contributed by atoms with Gasteiger partial charge in [0.05, 0.1) is 30.2 Å². The summed E-state index contributed by atoms with van der Waals surface area (Å²) in [5.41, 5.74) is 1.02. The van der Waals surface area contributed by atoms with Gasteiger partial charge in [-0.2, -0.15) is 5.10 Å². The summed E-state index contributed by atoms with van der Waals surface area (Å²) in [5.74, 6) is -3.51. The number of carbonyl (C=O) groups excluding carboxylic acids is 2. The Morgan fingerprint density at radius 3 is 2.42 bits per heavy atom. The SMILES string of the molecule is CCCC(=O)N[C@@H](c1cnn2cc([C@@H](NC(=O)c3cccc(C(F)F)n3)C3CCC(F)(F)CC3)nc2c1)C1CC1. The normalized spacial score (nSPS) is 18.9. The summed E-state index contributed by atoms with van der Waals surface area (Å²) in [7, 11) is 0. The average Bonchev–Trinajstić information content (AvgIpc) is 3.68. The minimum absolute atomic E-state index is 0.0234. The second kappa shape index (κ2) is 11.5. The first-order valence-electron chi connectivity index (χ1n) is 13.7. The van der Waals surface area contributed by atoms with Crippen molar-refractivity contribution in [3.05, 3.63) is 59.3 Å². The highest BCUT2D eigenvalue weighted by Crippen LogP contribution is 2.42. The summed E-state index contributed by atoms with van der Waals surface area (Å²) in [5, 5.41) is 10.4. The second-order valence-electron chi connectivity index (χ2n) is 10.8. The summed E-state index contributed by atoms with van der Waals surface area (Å²) in [6, 6.07) is 4.69. The first kappa shape index (κ1) is 28.0. The molecule has 0 aliphatic heterocycles. The van der Waals surface area contributed by atoms with Gasteiger partial charge in [0.2, 0.25) is 11.8 Å². The number of nitrogens with one attached hydrogen (secondary N) is 2. The molecule has 0 radical (unpaired) electrons. The zero-order valence-corrected chi connectivity index (χ0v) is 22.1. The number of aromatic nitrogens is 4. The molecule has 2 aliphatic carbocycles. The molecular formula is C28H32F4N6O2. The molecule has 2 fully saturated rings. The van der Waals surface area contributed by atoms with E-state index in [2.05, 4.69) is 20.7 Å². The van der Waals surface area contributed by atoms with Crippen molar-refractivity contribution in [2.45, 2.75) is 82.7 Å². The number of hydrogen-bond acceptors (Lipinski definition) is 5. The fraction of sp³-hybridized carbons (Fsp3) is 0.536. The third-order valence-electron chi connectivity index (χ3n) is 7.67. The molecular weight excluding hydrogens is 528 g/mol. The number of pyridine rings is 1. The molecule has 0 saturated heterocycles. The maximum atomic E-state index is 14.0. The number of amides is 2. The number of hydrogen-bond donors (Lipinski definition) is 2. The summed E-state index contributed by atoms with van der Waals surface area (Å²) < 4.78 is 55.8. The van der Waals surface area contributed by atoms with Gasteiger partial charge in [0.15, 0.2) is 5.65 Å². The molecule has 12 heteroatoms. The first-order chi connectivity index (χ1) is 19.1. The Labute approximate surface area is 229 Å². The van der Waals surface area contributed by atoms with E-state index in [0.29, 0.717) is 23.7 Å². The van der Waals surface area contributed by atoms with Gasteiger partial charge in [0.1, 0.15) is 11.4 Å². The van der Waals surface area contributed by atoms with E-state index in [1.54, 1.807) is 16.9 Å². The van der Waals surface area contributed by atoms with Crippen LogP contribution in [0.4, 0.5) is 17.6 Å². The van der Waals surface area contributed by atoms with Gasteiger partial charge >= 0.3 is 0 Å². The maximum absolute atomic E-state index is 14.0. The molecule has 0 spiro atoms. The lowest BCUT2D eigenvalue weighted by Gasteiger charge is -2.33. The number of halogens is 4. The van der Waals surface area contributed by atoms with Crippen LogP contribution in [0, 0.1) is 11.8 Å². The summed E-state index contributed by atoms with van der Waals surface area (Å²) in [6.45, 7) is 1.94. The highest BCUT2D eigenvalue weighted by atomic mass is 19.3. The molecule has 0 unspecified atom stereocenters. The lowest BCUT2D eigenvalue weighted by atomic mass is 9.81. The van der Waals surface area contributed by atoms with Crippen LogP contribution in [0.3, 0.4) is 0 Å². The summed E-state index contributed by atoms with van der Waals surface area (Å²) in [4.78, 5) is 33.9. The molecule has 2 N–H and O–H groups in total. The number of rotatable bonds is 10. The topological polar surface area (TPSA) is 101 Å². The predicted octanol–water partition coefficient (Wildman–Crippen LogP) is 5.73. The van der Waals surface area contributed by atoms with Crippen LogP contribution in [0.2, 0.25) is 0 Å². The molecule has 2 saturated carbocycles. The minimum atomic E-state index is -2.84. The van der Waals surface area contributed by atoms with E-state index in [9.17, 15) is 27.2 Å². The van der Waals surface area contributed by atoms with Gasteiger partial charge in [-0.1, -0.05) is 13.0 Å². The van der Waals surface area contributed by atoms with Crippen molar-refractivity contribution in [2.24, 2.45) is 11.8 Å². The molecule has 8 nitrogen and oxygen atoms in total. The van der Waals surface area contributed by atoms with Gasteiger partial charge in [-0.3, -0.25) is 9.59 Å². The zero-order valence-electron chi connectivity index (χ0n) is 22.1. The van der Waals surface area contributed by atoms with E-state index in [1.807, 2.05) is 13.0 Å². The van der Waals surface area contributed by atoms with Crippen molar-refractivity contribution in [3.63, 3.8) is 0 Å². The first-order valence-corrected chi connectivity index (χ1v) is 13.7. The second-order valence-corrected chi connectivity index (χ2v) is 10.8. The predicted molar refractivity (Wildman–Crippen MR) is 138 cm³/mol. The van der Waals surface area contributed by atoms with Gasteiger partial charge in [0.25, 0.3) is 12.3 Å². The number of fused-ring (bicyclic) bond motifs is 1. The van der Waals surface area contributed by atoms with Gasteiger partial charge < -0.3 is 10.6 Å². The molecule has 214 valence electrons. The van der Waals surface area contributed by atoms with E-state index in [4.69, 9.17) is 4.98 Å². The Kier molecular flexibility index (Phi) is 8.04. The van der Waals surface area contributed by atoms with Gasteiger partial charge in [-0.05, 0) is 67.7 Å². The molecule has 2 aliphatic rings. The third-order valence-corrected chi connectivity index (χ3v) is 7.67. The summed E-state index contributed by atoms with van der Waals surface area (Å²) in [6.07, 6.45) is 3.34. The quantitative estimate of drug-likeness (QED) is 0.309. The van der Waals surface area contributed by atoms with Crippen LogP contribution in [0.25, 0.3) is 5.65 Å². The van der Waals surface area contributed by atoms with E-state index >= 15 is 0 Å². The van der Waals surface area contributed by atoms with E-state index in [0.717, 1.165) is 30.9 Å². The fourth-order valence-corrected chi connectivity index (χ4v) is 5.35. The van der Waals surface area contributed by atoms with E-state index in [-0.39, 0.29) is 49.2 Å². The molecule has 5 rings (SSSR count). The number of carbonyl (C=O) groups is 2. The molecule has 3 aromatic heterocycles. The summed E-state index contributed by atoms with van der Waals surface area (Å²) >= 11 is 0. The lowest BCUT2D eigenvalue weighted by molar-refractivity contribution is -0.122. The fourth-order valence-electron chi connectivity index (χ4n) is 5.35. The van der Waals surface area contributed by atoms with E-state index in [1.165, 1.54) is 12.1 Å². The maximum Gasteiger partial charge on any atom is 0.280 e. The monoisotopic (exact) mass is 560 g/mol. The Hall–Kier alpha value is -3.57. The molecule has 0 aromatic carbocycles. The largest absolute Gasteiger partial charge is 0.349 e. The minimum Gasteiger partial charge on any atom is -0.349 e. The van der Waals surface area contributed by atoms with Crippen LogP contribution in [0.5, 0.6) is 0 Å². The van der Waals surface area contributed by atoms with Crippen LogP contribution >= 0.6 is 0 Å². The molecule has 0 bridgehead atoms. The lowest BCUT2D eigenvalue weighted by Crippen LogP contribution is -2.37. The van der Waals surface area contributed by atoms with Crippen LogP contribution in [0.1, 0.15) is 104 Å². The van der Waals surface area contributed by atoms with Crippen molar-refractivity contribution >= 4 is 17.5 Å². The highest BCUT2D eigenvalue weighted by Gasteiger charge is 2.40. The zero-order chi connectivity index (χ0) is 28.4. The Morgan fingerprint density at radius 2 is 1.75 bits per heavy atom. The standard InChI is InChI=1S/C28H32F4N6O2/c1-2-4-23(39)36-24(16-7-8-16)18-13-22-35-21(15-38(22)33-14-18)25(17-9-11-28(31,32)12-10-17)37-27(40)20-6-3-5-19(34-20)26(29)30/h3,5-6,13-17,24-26H,2,4,7-12H2,1H3,(H,36,39)(H,37,40)/t24-,25+/m1/s1. The average molecular weight is 561 g/mol. The van der Waals surface area contributed by atoms with E-state index < -0.39 is 30.0 Å². The van der Waals surface area contributed by atoms with Crippen molar-refractivity contribution in [3.8, 4) is 0 Å². The van der Waals surface area contributed by atoms with Crippen molar-refractivity contribution in [1.29, 1.82) is 0 Å². The molecule has 2 amide bonds. The molecule has 3 aromatic rings. The van der Waals surface area contributed by atoms with Crippen molar-refractivity contribution in [1.82, 2.24) is 30.2 Å². The molecule has 2 atom stereocenters. The smallest absolute Gasteiger partial charge is 0.280 e. The van der Waals surface area contributed by atoms with Crippen molar-refractivity contribution in [2.75, 3.05) is 0 Å². The third kappa shape index (κ3) is 6.42. The van der Waals surface area contributed by atoms with Gasteiger partial charge in [0, 0.05) is 19.3 Å². The Morgan fingerprint density at radius 1 is 1.02 bits per heavy atom. The number of imidazole rings is 1. The highest BCUT2D eigenvalue weighted by molar-refractivity contribution is 5.92. The molecule has 40 heavy (non-hydrogen) atoms. The van der Waals surface area contributed by atoms with Gasteiger partial charge in [-0.15, -0.1) is 0 Å². The van der Waals surface area contributed by atoms with Gasteiger partial charge in [-0.25, -0.2) is 32.0 Å². The van der Waals surface area contributed by atoms with Crippen LogP contribution in [0.15, 0.2) is 36.7 Å². The Balaban J connectivity index is 1.43. The number of nitrogens with zero attached hydrogens (tertiary/aromatic N) is 4. The Bertz CT molecular complexity index is 1370. The van der Waals surface area contributed by atoms with Crippen LogP contribution in [-0.2, 0) is 4.79 Å².